The van der Waals surface area contributed by atoms with E-state index in [9.17, 15) is 9.59 Å². The Labute approximate surface area is 147 Å². The average Bonchev–Trinajstić information content (AvgIpc) is 2.56. The first kappa shape index (κ1) is 15.7. The molecule has 3 aliphatic rings. The van der Waals surface area contributed by atoms with Crippen molar-refractivity contribution >= 4 is 27.5 Å². The van der Waals surface area contributed by atoms with Gasteiger partial charge >= 0.3 is 0 Å². The second kappa shape index (κ2) is 5.95. The Bertz CT molecular complexity index is 782. The number of ether oxygens (including phenoxy) is 2. The van der Waals surface area contributed by atoms with Crippen LogP contribution in [0.2, 0.25) is 0 Å². The number of hydrogen-bond acceptors (Lipinski definition) is 5. The van der Waals surface area contributed by atoms with Gasteiger partial charge in [0.2, 0.25) is 0 Å². The first-order valence-electron chi connectivity index (χ1n) is 7.77. The average molecular weight is 390 g/mol. The van der Waals surface area contributed by atoms with Gasteiger partial charge in [0.15, 0.2) is 11.6 Å². The van der Waals surface area contributed by atoms with Crippen LogP contribution in [0.1, 0.15) is 17.0 Å². The Morgan fingerprint density at radius 3 is 2.12 bits per heavy atom. The van der Waals surface area contributed by atoms with Crippen molar-refractivity contribution in [2.45, 2.75) is 12.8 Å². The number of ketones is 2. The fourth-order valence-electron chi connectivity index (χ4n) is 3.46. The van der Waals surface area contributed by atoms with Crippen molar-refractivity contribution in [3.05, 3.63) is 56.3 Å². The summed E-state index contributed by atoms with van der Waals surface area (Å²) < 4.78 is 11.7. The van der Waals surface area contributed by atoms with E-state index in [1.54, 1.807) is 0 Å². The van der Waals surface area contributed by atoms with Crippen LogP contribution in [0.3, 0.4) is 0 Å². The number of hydrogen-bond donors (Lipinski definition) is 1. The Morgan fingerprint density at radius 2 is 1.58 bits per heavy atom. The summed E-state index contributed by atoms with van der Waals surface area (Å²) in [7, 11) is 0. The highest BCUT2D eigenvalue weighted by Gasteiger charge is 2.40. The van der Waals surface area contributed by atoms with Gasteiger partial charge in [0, 0.05) is 32.9 Å². The molecule has 4 rings (SSSR count). The third-order valence-corrected chi connectivity index (χ3v) is 5.47. The summed E-state index contributed by atoms with van der Waals surface area (Å²) in [6, 6.07) is 5.97. The van der Waals surface area contributed by atoms with Gasteiger partial charge in [-0.15, -0.1) is 0 Å². The number of benzene rings is 1. The molecule has 1 aromatic rings. The predicted octanol–water partition coefficient (Wildman–Crippen LogP) is 2.15. The smallest absolute Gasteiger partial charge is 0.187 e. The monoisotopic (exact) mass is 389 g/mol. The van der Waals surface area contributed by atoms with Crippen molar-refractivity contribution in [3.8, 4) is 0 Å². The zero-order valence-electron chi connectivity index (χ0n) is 13.1. The van der Waals surface area contributed by atoms with Gasteiger partial charge in [-0.1, -0.05) is 28.1 Å². The van der Waals surface area contributed by atoms with Gasteiger partial charge in [0.25, 0.3) is 0 Å². The molecule has 3 aliphatic heterocycles. The minimum atomic E-state index is -0.360. The van der Waals surface area contributed by atoms with E-state index < -0.39 is 0 Å². The maximum Gasteiger partial charge on any atom is 0.187 e. The Balaban J connectivity index is 1.92. The molecule has 124 valence electrons. The van der Waals surface area contributed by atoms with Crippen LogP contribution >= 0.6 is 15.9 Å². The largest absolute Gasteiger partial charge is 0.367 e. The molecule has 3 heterocycles. The van der Waals surface area contributed by atoms with Gasteiger partial charge in [0.1, 0.15) is 13.2 Å². The summed E-state index contributed by atoms with van der Waals surface area (Å²) in [4.78, 5) is 25.1. The standard InChI is InChI=1S/C18H16BrNO4/c1-9-2-3-10(4-11(9)19)16-17-12(5-23-7-14(17)21)20-13-6-24-8-15(22)18(13)16/h2-4,16,20H,5-8H2,1H3. The molecule has 1 aromatic carbocycles. The topological polar surface area (TPSA) is 64.6 Å². The maximum absolute atomic E-state index is 12.5. The van der Waals surface area contributed by atoms with E-state index in [1.807, 2.05) is 25.1 Å². The number of Topliss-reactive ketones (excluding diaryl/α,β-unsaturated/α-hetero) is 2. The fraction of sp³-hybridized carbons (Fsp3) is 0.333. The second-order valence-electron chi connectivity index (χ2n) is 6.18. The third kappa shape index (κ3) is 2.46. The molecule has 0 unspecified atom stereocenters. The van der Waals surface area contributed by atoms with Crippen molar-refractivity contribution < 1.29 is 19.1 Å². The highest BCUT2D eigenvalue weighted by molar-refractivity contribution is 9.10. The number of dihydropyridines is 1. The third-order valence-electron chi connectivity index (χ3n) is 4.62. The van der Waals surface area contributed by atoms with E-state index in [4.69, 9.17) is 9.47 Å². The summed E-state index contributed by atoms with van der Waals surface area (Å²) in [5, 5.41) is 3.20. The van der Waals surface area contributed by atoms with Gasteiger partial charge in [-0.2, -0.15) is 0 Å². The molecule has 0 bridgehead atoms. The van der Waals surface area contributed by atoms with E-state index in [1.165, 1.54) is 0 Å². The summed E-state index contributed by atoms with van der Waals surface area (Å²) in [6.45, 7) is 2.80. The summed E-state index contributed by atoms with van der Waals surface area (Å²) >= 11 is 3.55. The highest BCUT2D eigenvalue weighted by atomic mass is 79.9. The molecule has 0 radical (unpaired) electrons. The molecule has 0 amide bonds. The lowest BCUT2D eigenvalue weighted by Gasteiger charge is -2.36. The molecule has 0 spiro atoms. The number of rotatable bonds is 1. The van der Waals surface area contributed by atoms with Crippen molar-refractivity contribution in [2.24, 2.45) is 0 Å². The molecule has 0 saturated heterocycles. The van der Waals surface area contributed by atoms with Crippen LogP contribution in [0.15, 0.2) is 45.2 Å². The molecular formula is C18H16BrNO4. The van der Waals surface area contributed by atoms with Crippen LogP contribution in [0.25, 0.3) is 0 Å². The van der Waals surface area contributed by atoms with E-state index in [2.05, 4.69) is 21.2 Å². The van der Waals surface area contributed by atoms with E-state index in [-0.39, 0.29) is 30.7 Å². The van der Waals surface area contributed by atoms with Crippen LogP contribution < -0.4 is 5.32 Å². The second-order valence-corrected chi connectivity index (χ2v) is 7.04. The zero-order valence-corrected chi connectivity index (χ0v) is 14.7. The summed E-state index contributed by atoms with van der Waals surface area (Å²) in [5.74, 6) is -0.506. The van der Waals surface area contributed by atoms with E-state index in [0.29, 0.717) is 24.4 Å². The SMILES string of the molecule is Cc1ccc(C2C3=C(COCC3=O)NC3=C2C(=O)COC3)cc1Br. The first-order chi connectivity index (χ1) is 11.6. The molecule has 0 aromatic heterocycles. The Morgan fingerprint density at radius 1 is 1.00 bits per heavy atom. The normalized spacial score (nSPS) is 21.6. The quantitative estimate of drug-likeness (QED) is 0.796. The summed E-state index contributed by atoms with van der Waals surface area (Å²) in [5.41, 5.74) is 4.80. The molecule has 0 saturated carbocycles. The van der Waals surface area contributed by atoms with Gasteiger partial charge in [0.05, 0.1) is 13.2 Å². The van der Waals surface area contributed by atoms with Crippen LogP contribution in [0.5, 0.6) is 0 Å². The number of carbonyl (C=O) groups excluding carboxylic acids is 2. The lowest BCUT2D eigenvalue weighted by Crippen LogP contribution is -2.42. The number of carbonyl (C=O) groups is 2. The van der Waals surface area contributed by atoms with Crippen LogP contribution in [0, 0.1) is 6.92 Å². The van der Waals surface area contributed by atoms with Crippen LogP contribution in [-0.2, 0) is 19.1 Å². The van der Waals surface area contributed by atoms with Crippen molar-refractivity contribution in [3.63, 3.8) is 0 Å². The van der Waals surface area contributed by atoms with Crippen LogP contribution in [0.4, 0.5) is 0 Å². The molecule has 24 heavy (non-hydrogen) atoms. The van der Waals surface area contributed by atoms with Crippen molar-refractivity contribution in [1.29, 1.82) is 0 Å². The van der Waals surface area contributed by atoms with Gasteiger partial charge in [-0.25, -0.2) is 0 Å². The van der Waals surface area contributed by atoms with Crippen LogP contribution in [-0.4, -0.2) is 38.0 Å². The maximum atomic E-state index is 12.5. The highest BCUT2D eigenvalue weighted by Crippen LogP contribution is 2.42. The molecule has 0 atom stereocenters. The van der Waals surface area contributed by atoms with Crippen molar-refractivity contribution in [1.82, 2.24) is 5.32 Å². The molecule has 0 fully saturated rings. The number of aryl methyl sites for hydroxylation is 1. The molecule has 5 nitrogen and oxygen atoms in total. The molecule has 1 N–H and O–H groups in total. The first-order valence-corrected chi connectivity index (χ1v) is 8.56. The lowest BCUT2D eigenvalue weighted by molar-refractivity contribution is -0.122. The minimum absolute atomic E-state index is 0.0529. The lowest BCUT2D eigenvalue weighted by atomic mass is 9.76. The Kier molecular flexibility index (Phi) is 3.90. The number of halogens is 1. The van der Waals surface area contributed by atoms with Gasteiger partial charge in [-0.05, 0) is 24.1 Å². The van der Waals surface area contributed by atoms with Gasteiger partial charge in [-0.3, -0.25) is 9.59 Å². The van der Waals surface area contributed by atoms with E-state index >= 15 is 0 Å². The minimum Gasteiger partial charge on any atom is -0.367 e. The summed E-state index contributed by atoms with van der Waals surface area (Å²) in [6.07, 6.45) is 0. The Hall–Kier alpha value is -1.76. The predicted molar refractivity (Wildman–Crippen MR) is 90.5 cm³/mol. The zero-order chi connectivity index (χ0) is 16.8. The number of nitrogens with one attached hydrogen (secondary N) is 1. The van der Waals surface area contributed by atoms with Crippen molar-refractivity contribution in [2.75, 3.05) is 26.4 Å². The molecule has 0 aliphatic carbocycles. The molecule has 6 heteroatoms. The molecular weight excluding hydrogens is 374 g/mol. The van der Waals surface area contributed by atoms with Gasteiger partial charge < -0.3 is 14.8 Å². The van der Waals surface area contributed by atoms with E-state index in [0.717, 1.165) is 27.0 Å². The fourth-order valence-corrected chi connectivity index (χ4v) is 3.86.